The molecular formula is C14H18N4O2S2. The zero-order valence-corrected chi connectivity index (χ0v) is 14.2. The number of ether oxygens (including phenoxy) is 1. The van der Waals surface area contributed by atoms with Crippen LogP contribution in [0.5, 0.6) is 0 Å². The van der Waals surface area contributed by atoms with Crippen LogP contribution in [0.15, 0.2) is 27.8 Å². The van der Waals surface area contributed by atoms with E-state index in [9.17, 15) is 4.79 Å². The van der Waals surface area contributed by atoms with Gasteiger partial charge in [0.1, 0.15) is 0 Å². The van der Waals surface area contributed by atoms with E-state index in [0.717, 1.165) is 29.5 Å². The fourth-order valence-corrected chi connectivity index (χ4v) is 3.88. The summed E-state index contributed by atoms with van der Waals surface area (Å²) in [6, 6.07) is 0.290. The van der Waals surface area contributed by atoms with Crippen LogP contribution in [0, 0.1) is 0 Å². The molecule has 6 nitrogen and oxygen atoms in total. The number of nitrogens with zero attached hydrogens (tertiary/aromatic N) is 3. The molecule has 1 aromatic heterocycles. The van der Waals surface area contributed by atoms with Crippen molar-refractivity contribution in [2.24, 2.45) is 4.99 Å². The van der Waals surface area contributed by atoms with Crippen LogP contribution in [0.3, 0.4) is 0 Å². The third-order valence-electron chi connectivity index (χ3n) is 3.59. The van der Waals surface area contributed by atoms with Gasteiger partial charge in [-0.05, 0) is 13.2 Å². The molecule has 1 aromatic rings. The Kier molecular flexibility index (Phi) is 4.80. The largest absolute Gasteiger partial charge is 0.463 e. The highest BCUT2D eigenvalue weighted by molar-refractivity contribution is 7.96. The van der Waals surface area contributed by atoms with E-state index < -0.39 is 0 Å². The molecule has 1 unspecified atom stereocenters. The van der Waals surface area contributed by atoms with Crippen molar-refractivity contribution in [2.75, 3.05) is 26.0 Å². The first-order chi connectivity index (χ1) is 10.7. The molecular weight excluding hydrogens is 320 g/mol. The van der Waals surface area contributed by atoms with Gasteiger partial charge < -0.3 is 9.64 Å². The topological polar surface area (TPSA) is 66.8 Å². The van der Waals surface area contributed by atoms with Gasteiger partial charge in [-0.25, -0.2) is 9.78 Å². The van der Waals surface area contributed by atoms with E-state index in [1.54, 1.807) is 29.5 Å². The minimum atomic E-state index is -0.255. The Labute approximate surface area is 137 Å². The molecule has 0 radical (unpaired) electrons. The molecule has 0 saturated carbocycles. The van der Waals surface area contributed by atoms with Crippen molar-refractivity contribution >= 4 is 35.1 Å². The van der Waals surface area contributed by atoms with E-state index in [0.29, 0.717) is 18.7 Å². The maximum atomic E-state index is 12.2. The molecule has 0 aromatic carbocycles. The predicted octanol–water partition coefficient (Wildman–Crippen LogP) is 1.66. The monoisotopic (exact) mass is 338 g/mol. The van der Waals surface area contributed by atoms with Crippen LogP contribution in [0.1, 0.15) is 18.4 Å². The van der Waals surface area contributed by atoms with E-state index >= 15 is 0 Å². The van der Waals surface area contributed by atoms with E-state index in [4.69, 9.17) is 4.74 Å². The van der Waals surface area contributed by atoms with Crippen LogP contribution in [0.4, 0.5) is 0 Å². The molecule has 22 heavy (non-hydrogen) atoms. The van der Waals surface area contributed by atoms with Gasteiger partial charge in [0.2, 0.25) is 0 Å². The van der Waals surface area contributed by atoms with Crippen LogP contribution in [0.2, 0.25) is 0 Å². The maximum absolute atomic E-state index is 12.2. The second kappa shape index (κ2) is 6.80. The Hall–Kier alpha value is -1.38. The Balaban J connectivity index is 1.91. The van der Waals surface area contributed by atoms with Crippen molar-refractivity contribution in [1.82, 2.24) is 14.6 Å². The maximum Gasteiger partial charge on any atom is 0.337 e. The van der Waals surface area contributed by atoms with Gasteiger partial charge in [0.25, 0.3) is 0 Å². The molecule has 0 aliphatic carbocycles. The van der Waals surface area contributed by atoms with Gasteiger partial charge in [0.15, 0.2) is 10.8 Å². The van der Waals surface area contributed by atoms with Crippen LogP contribution >= 0.6 is 23.3 Å². The van der Waals surface area contributed by atoms with Crippen LogP contribution in [-0.4, -0.2) is 53.7 Å². The van der Waals surface area contributed by atoms with E-state index in [1.165, 1.54) is 0 Å². The smallest absolute Gasteiger partial charge is 0.337 e. The summed E-state index contributed by atoms with van der Waals surface area (Å²) in [6.45, 7) is 3.36. The molecule has 0 bridgehead atoms. The lowest BCUT2D eigenvalue weighted by Crippen LogP contribution is -2.36. The number of fused-ring (bicyclic) bond motifs is 1. The average Bonchev–Trinajstić information content (AvgIpc) is 3.16. The number of thiazole rings is 1. The fourth-order valence-electron chi connectivity index (χ4n) is 2.73. The molecule has 1 saturated heterocycles. The molecule has 3 heterocycles. The van der Waals surface area contributed by atoms with E-state index in [2.05, 4.69) is 19.6 Å². The number of nitrogens with one attached hydrogen (secondary N) is 1. The zero-order valence-electron chi connectivity index (χ0n) is 12.5. The van der Waals surface area contributed by atoms with Gasteiger partial charge in [0.05, 0.1) is 18.7 Å². The number of aromatic nitrogens is 1. The first kappa shape index (κ1) is 15.5. The minimum absolute atomic E-state index is 0.255. The number of carbonyl (C=O) groups excluding carboxylic acids is 1. The lowest BCUT2D eigenvalue weighted by molar-refractivity contribution is -0.138. The van der Waals surface area contributed by atoms with Gasteiger partial charge in [0, 0.05) is 36.3 Å². The highest BCUT2D eigenvalue weighted by Crippen LogP contribution is 2.32. The number of esters is 1. The second-order valence-electron chi connectivity index (χ2n) is 4.96. The first-order valence-corrected chi connectivity index (χ1v) is 9.24. The highest BCUT2D eigenvalue weighted by Gasteiger charge is 2.37. The molecule has 2 aliphatic heterocycles. The van der Waals surface area contributed by atoms with Crippen molar-refractivity contribution in [3.05, 3.63) is 27.9 Å². The van der Waals surface area contributed by atoms with Crippen molar-refractivity contribution in [2.45, 2.75) is 19.4 Å². The van der Waals surface area contributed by atoms with E-state index in [-0.39, 0.29) is 12.0 Å². The molecule has 0 amide bonds. The average molecular weight is 338 g/mol. The summed E-state index contributed by atoms with van der Waals surface area (Å²) in [4.78, 5) is 23.2. The summed E-state index contributed by atoms with van der Waals surface area (Å²) >= 11 is 3.16. The molecule has 1 N–H and O–H groups in total. The number of carbonyl (C=O) groups is 1. The third kappa shape index (κ3) is 2.90. The number of hydrogen-bond acceptors (Lipinski definition) is 8. The summed E-state index contributed by atoms with van der Waals surface area (Å²) in [7, 11) is 0. The fraction of sp³-hybridized carbons (Fsp3) is 0.500. The van der Waals surface area contributed by atoms with Crippen LogP contribution in [0.25, 0.3) is 0 Å². The van der Waals surface area contributed by atoms with Crippen molar-refractivity contribution in [1.29, 1.82) is 0 Å². The molecule has 8 heteroatoms. The summed E-state index contributed by atoms with van der Waals surface area (Å²) in [5, 5.41) is 2.83. The standard InChI is InChI=1S/C14H18N4O2S2/c1-3-20-14(19)10-7-16-12(13-15-4-5-22-13)18-8-9(17-21-2)6-11(10)18/h4-5,9,17H,3,6-8H2,1-2H3. The molecule has 0 spiro atoms. The number of aliphatic imine (C=N–C) groups is 1. The van der Waals surface area contributed by atoms with Crippen molar-refractivity contribution in [3.8, 4) is 0 Å². The normalized spacial score (nSPS) is 20.9. The van der Waals surface area contributed by atoms with Crippen molar-refractivity contribution < 1.29 is 9.53 Å². The Morgan fingerprint density at radius 1 is 1.64 bits per heavy atom. The van der Waals surface area contributed by atoms with Gasteiger partial charge in [-0.3, -0.25) is 9.71 Å². The summed E-state index contributed by atoms with van der Waals surface area (Å²) < 4.78 is 8.55. The quantitative estimate of drug-likeness (QED) is 0.651. The van der Waals surface area contributed by atoms with Crippen LogP contribution < -0.4 is 4.72 Å². The predicted molar refractivity (Wildman–Crippen MR) is 88.9 cm³/mol. The van der Waals surface area contributed by atoms with Gasteiger partial charge in [-0.2, -0.15) is 0 Å². The lowest BCUT2D eigenvalue weighted by Gasteiger charge is -2.26. The number of rotatable bonds is 5. The molecule has 1 atom stereocenters. The van der Waals surface area contributed by atoms with Crippen LogP contribution in [-0.2, 0) is 9.53 Å². The Morgan fingerprint density at radius 2 is 2.50 bits per heavy atom. The SMILES string of the molecule is CCOC(=O)C1=C2CC(NSC)CN2C(c2nccs2)=NC1. The molecule has 1 fully saturated rings. The zero-order chi connectivity index (χ0) is 15.5. The van der Waals surface area contributed by atoms with Gasteiger partial charge in [-0.15, -0.1) is 11.3 Å². The lowest BCUT2D eigenvalue weighted by atomic mass is 10.1. The van der Waals surface area contributed by atoms with Gasteiger partial charge in [-0.1, -0.05) is 11.9 Å². The Morgan fingerprint density at radius 3 is 3.18 bits per heavy atom. The Bertz CT molecular complexity index is 612. The molecule has 2 aliphatic rings. The highest BCUT2D eigenvalue weighted by atomic mass is 32.2. The van der Waals surface area contributed by atoms with E-state index in [1.807, 2.05) is 18.6 Å². The molecule has 118 valence electrons. The number of amidine groups is 1. The van der Waals surface area contributed by atoms with Gasteiger partial charge >= 0.3 is 5.97 Å². The molecule has 3 rings (SSSR count). The summed E-state index contributed by atoms with van der Waals surface area (Å²) in [5.41, 5.74) is 1.69. The second-order valence-corrected chi connectivity index (χ2v) is 6.49. The first-order valence-electron chi connectivity index (χ1n) is 7.14. The van der Waals surface area contributed by atoms with Crippen molar-refractivity contribution in [3.63, 3.8) is 0 Å². The third-order valence-corrected chi connectivity index (χ3v) is 4.93. The summed E-state index contributed by atoms with van der Waals surface area (Å²) in [5.74, 6) is 0.609. The minimum Gasteiger partial charge on any atom is -0.463 e. The summed E-state index contributed by atoms with van der Waals surface area (Å²) in [6.07, 6.45) is 4.59. The number of hydrogen-bond donors (Lipinski definition) is 1.